The SMILES string of the molecule is CC(=O)OC/C=C(\C)CC/C=C(\C)CCC(=O)C(C)CC/C=C(\C)CCC=C(C)C. The maximum Gasteiger partial charge on any atom is 0.302 e. The van der Waals surface area contributed by atoms with Gasteiger partial charge in [0.25, 0.3) is 0 Å². The van der Waals surface area contributed by atoms with Gasteiger partial charge in [-0.1, -0.05) is 47.4 Å². The lowest BCUT2D eigenvalue weighted by Crippen LogP contribution is -2.10. The zero-order valence-corrected chi connectivity index (χ0v) is 20.5. The van der Waals surface area contributed by atoms with E-state index in [-0.39, 0.29) is 11.9 Å². The van der Waals surface area contributed by atoms with Crippen molar-refractivity contribution in [3.05, 3.63) is 46.6 Å². The third-order valence-corrected chi connectivity index (χ3v) is 5.25. The number of ketones is 1. The van der Waals surface area contributed by atoms with Gasteiger partial charge in [0.1, 0.15) is 12.4 Å². The lowest BCUT2D eigenvalue weighted by Gasteiger charge is -2.10. The number of rotatable bonds is 15. The molecule has 0 radical (unpaired) electrons. The first-order valence-corrected chi connectivity index (χ1v) is 11.4. The van der Waals surface area contributed by atoms with Crippen LogP contribution in [0.15, 0.2) is 46.6 Å². The van der Waals surface area contributed by atoms with Gasteiger partial charge in [-0.05, 0) is 85.6 Å². The molecule has 1 unspecified atom stereocenters. The van der Waals surface area contributed by atoms with E-state index in [9.17, 15) is 9.59 Å². The molecule has 0 aromatic carbocycles. The van der Waals surface area contributed by atoms with Gasteiger partial charge in [-0.3, -0.25) is 9.59 Å². The minimum Gasteiger partial charge on any atom is -0.462 e. The zero-order valence-electron chi connectivity index (χ0n) is 20.5. The molecule has 0 rings (SSSR count). The molecule has 0 spiro atoms. The second kappa shape index (κ2) is 16.8. The van der Waals surface area contributed by atoms with E-state index in [1.54, 1.807) is 0 Å². The summed E-state index contributed by atoms with van der Waals surface area (Å²) in [6.07, 6.45) is 16.3. The fourth-order valence-electron chi connectivity index (χ4n) is 3.05. The van der Waals surface area contributed by atoms with Crippen molar-refractivity contribution in [2.75, 3.05) is 6.61 Å². The Bertz CT molecular complexity index is 643. The number of hydrogen-bond donors (Lipinski definition) is 0. The highest BCUT2D eigenvalue weighted by molar-refractivity contribution is 5.80. The fraction of sp³-hybridized carbons (Fsp3) is 0.630. The molecule has 0 N–H and O–H groups in total. The number of allylic oxidation sites excluding steroid dienone is 7. The molecule has 0 bridgehead atoms. The molecule has 1 atom stereocenters. The van der Waals surface area contributed by atoms with E-state index in [1.807, 2.05) is 6.08 Å². The fourth-order valence-corrected chi connectivity index (χ4v) is 3.05. The first-order valence-electron chi connectivity index (χ1n) is 11.4. The highest BCUT2D eigenvalue weighted by Gasteiger charge is 2.11. The van der Waals surface area contributed by atoms with Crippen molar-refractivity contribution in [3.8, 4) is 0 Å². The summed E-state index contributed by atoms with van der Waals surface area (Å²) in [5.41, 5.74) is 5.29. The largest absolute Gasteiger partial charge is 0.462 e. The summed E-state index contributed by atoms with van der Waals surface area (Å²) in [7, 11) is 0. The summed E-state index contributed by atoms with van der Waals surface area (Å²) < 4.78 is 4.92. The standard InChI is InChI=1S/C27H44O3/c1-21(2)11-8-12-22(3)15-10-16-25(6)27(29)18-17-23(4)13-9-14-24(5)19-20-30-26(7)28/h11,13,15,19,25H,8-10,12,14,16-18,20H2,1-7H3/b22-15+,23-13+,24-19+. The quantitative estimate of drug-likeness (QED) is 0.203. The van der Waals surface area contributed by atoms with Crippen LogP contribution in [0.5, 0.6) is 0 Å². The second-order valence-electron chi connectivity index (χ2n) is 8.76. The Kier molecular flexibility index (Phi) is 15.8. The number of esters is 1. The van der Waals surface area contributed by atoms with Gasteiger partial charge in [-0.2, -0.15) is 0 Å². The molecular weight excluding hydrogens is 372 g/mol. The number of carbonyl (C=O) groups is 2. The second-order valence-corrected chi connectivity index (χ2v) is 8.76. The molecule has 0 aliphatic heterocycles. The molecule has 3 nitrogen and oxygen atoms in total. The average Bonchev–Trinajstić information content (AvgIpc) is 2.65. The van der Waals surface area contributed by atoms with E-state index in [0.717, 1.165) is 44.9 Å². The molecule has 30 heavy (non-hydrogen) atoms. The number of ether oxygens (including phenoxy) is 1. The summed E-state index contributed by atoms with van der Waals surface area (Å²) in [6, 6.07) is 0. The molecule has 0 heterocycles. The van der Waals surface area contributed by atoms with Crippen molar-refractivity contribution in [2.45, 2.75) is 99.8 Å². The first-order chi connectivity index (χ1) is 14.1. The maximum absolute atomic E-state index is 12.4. The average molecular weight is 417 g/mol. The zero-order chi connectivity index (χ0) is 22.9. The topological polar surface area (TPSA) is 43.4 Å². The molecule has 0 aliphatic carbocycles. The van der Waals surface area contributed by atoms with E-state index in [0.29, 0.717) is 18.8 Å². The van der Waals surface area contributed by atoms with Gasteiger partial charge in [0.05, 0.1) is 0 Å². The van der Waals surface area contributed by atoms with Crippen LogP contribution in [0.25, 0.3) is 0 Å². The Hall–Kier alpha value is -1.90. The van der Waals surface area contributed by atoms with Crippen LogP contribution in [0, 0.1) is 5.92 Å². The monoisotopic (exact) mass is 416 g/mol. The number of Topliss-reactive ketones (excluding diaryl/α,β-unsaturated/α-hetero) is 1. The van der Waals surface area contributed by atoms with E-state index >= 15 is 0 Å². The van der Waals surface area contributed by atoms with Crippen LogP contribution < -0.4 is 0 Å². The van der Waals surface area contributed by atoms with Crippen molar-refractivity contribution in [1.82, 2.24) is 0 Å². The van der Waals surface area contributed by atoms with Crippen molar-refractivity contribution in [3.63, 3.8) is 0 Å². The third-order valence-electron chi connectivity index (χ3n) is 5.25. The Morgan fingerprint density at radius 3 is 1.83 bits per heavy atom. The first kappa shape index (κ1) is 28.1. The Labute approximate surface area is 185 Å². The summed E-state index contributed by atoms with van der Waals surface area (Å²) in [6.45, 7) is 14.4. The molecular formula is C27H44O3. The van der Waals surface area contributed by atoms with E-state index in [1.165, 1.54) is 29.2 Å². The van der Waals surface area contributed by atoms with Crippen LogP contribution in [0.4, 0.5) is 0 Å². The lowest BCUT2D eigenvalue weighted by atomic mass is 9.95. The van der Waals surface area contributed by atoms with Gasteiger partial charge in [0.15, 0.2) is 0 Å². The highest BCUT2D eigenvalue weighted by atomic mass is 16.5. The maximum atomic E-state index is 12.4. The molecule has 170 valence electrons. The molecule has 0 fully saturated rings. The Balaban J connectivity index is 4.12. The molecule has 0 aromatic rings. The Morgan fingerprint density at radius 2 is 1.23 bits per heavy atom. The molecule has 0 aromatic heterocycles. The van der Waals surface area contributed by atoms with Crippen LogP contribution in [-0.4, -0.2) is 18.4 Å². The van der Waals surface area contributed by atoms with Crippen LogP contribution in [-0.2, 0) is 14.3 Å². The smallest absolute Gasteiger partial charge is 0.302 e. The summed E-state index contributed by atoms with van der Waals surface area (Å²) in [5.74, 6) is 0.251. The molecule has 3 heteroatoms. The normalized spacial score (nSPS) is 13.8. The summed E-state index contributed by atoms with van der Waals surface area (Å²) >= 11 is 0. The van der Waals surface area contributed by atoms with Gasteiger partial charge >= 0.3 is 5.97 Å². The van der Waals surface area contributed by atoms with Gasteiger partial charge in [-0.25, -0.2) is 0 Å². The predicted octanol–water partition coefficient (Wildman–Crippen LogP) is 7.68. The predicted molar refractivity (Wildman–Crippen MR) is 128 cm³/mol. The third kappa shape index (κ3) is 17.0. The molecule has 0 amide bonds. The van der Waals surface area contributed by atoms with Crippen molar-refractivity contribution >= 4 is 11.8 Å². The number of hydrogen-bond acceptors (Lipinski definition) is 3. The molecule has 0 saturated carbocycles. The Morgan fingerprint density at radius 1 is 0.700 bits per heavy atom. The van der Waals surface area contributed by atoms with E-state index in [2.05, 4.69) is 59.8 Å². The summed E-state index contributed by atoms with van der Waals surface area (Å²) in [5, 5.41) is 0. The van der Waals surface area contributed by atoms with Crippen molar-refractivity contribution in [1.29, 1.82) is 0 Å². The molecule has 0 saturated heterocycles. The van der Waals surface area contributed by atoms with Crippen molar-refractivity contribution in [2.24, 2.45) is 5.92 Å². The van der Waals surface area contributed by atoms with Gasteiger partial charge in [0, 0.05) is 19.3 Å². The van der Waals surface area contributed by atoms with Gasteiger partial charge in [-0.15, -0.1) is 0 Å². The lowest BCUT2D eigenvalue weighted by molar-refractivity contribution is -0.139. The van der Waals surface area contributed by atoms with Crippen molar-refractivity contribution < 1.29 is 14.3 Å². The van der Waals surface area contributed by atoms with E-state index < -0.39 is 0 Å². The molecule has 0 aliphatic rings. The van der Waals surface area contributed by atoms with Gasteiger partial charge in [0.2, 0.25) is 0 Å². The van der Waals surface area contributed by atoms with Gasteiger partial charge < -0.3 is 4.74 Å². The highest BCUT2D eigenvalue weighted by Crippen LogP contribution is 2.16. The minimum absolute atomic E-state index is 0.131. The van der Waals surface area contributed by atoms with E-state index in [4.69, 9.17) is 4.74 Å². The minimum atomic E-state index is -0.251. The van der Waals surface area contributed by atoms with Crippen LogP contribution in [0.2, 0.25) is 0 Å². The van der Waals surface area contributed by atoms with Crippen LogP contribution in [0.1, 0.15) is 99.8 Å². The number of carbonyl (C=O) groups excluding carboxylic acids is 2. The van der Waals surface area contributed by atoms with Crippen LogP contribution in [0.3, 0.4) is 0 Å². The summed E-state index contributed by atoms with van der Waals surface area (Å²) in [4.78, 5) is 23.2. The van der Waals surface area contributed by atoms with Crippen LogP contribution >= 0.6 is 0 Å².